The largest absolute Gasteiger partial charge is 0.494 e. The number of pyridine rings is 1. The molecule has 0 aliphatic carbocycles. The average molecular weight is 449 g/mol. The molecule has 0 radical (unpaired) electrons. The highest BCUT2D eigenvalue weighted by molar-refractivity contribution is 7.80. The predicted octanol–water partition coefficient (Wildman–Crippen LogP) is 4.42. The fraction of sp³-hybridized carbons (Fsp3) is 0.360. The van der Waals surface area contributed by atoms with Crippen LogP contribution in [0.4, 0.5) is 0 Å². The normalized spacial score (nSPS) is 22.8. The number of ether oxygens (including phenoxy) is 2. The zero-order chi connectivity index (χ0) is 21.9. The maximum atomic E-state index is 5.96. The van der Waals surface area contributed by atoms with Crippen molar-refractivity contribution in [1.82, 2.24) is 19.8 Å². The molecule has 2 aromatic heterocycles. The Kier molecular flexibility index (Phi) is 6.10. The van der Waals surface area contributed by atoms with E-state index in [1.807, 2.05) is 37.4 Å². The van der Waals surface area contributed by atoms with Gasteiger partial charge < -0.3 is 24.3 Å². The third-order valence-corrected chi connectivity index (χ3v) is 6.48. The molecule has 2 aliphatic rings. The summed E-state index contributed by atoms with van der Waals surface area (Å²) in [6.07, 6.45) is 6.32. The molecule has 1 N–H and O–H groups in total. The van der Waals surface area contributed by atoms with Crippen LogP contribution in [0.3, 0.4) is 0 Å². The van der Waals surface area contributed by atoms with E-state index >= 15 is 0 Å². The minimum Gasteiger partial charge on any atom is -0.494 e. The highest BCUT2D eigenvalue weighted by Crippen LogP contribution is 2.40. The van der Waals surface area contributed by atoms with Gasteiger partial charge in [-0.05, 0) is 80.5 Å². The quantitative estimate of drug-likeness (QED) is 0.540. The van der Waals surface area contributed by atoms with Gasteiger partial charge >= 0.3 is 0 Å². The molecule has 3 aromatic rings. The summed E-state index contributed by atoms with van der Waals surface area (Å²) < 4.78 is 13.8. The Morgan fingerprint density at radius 1 is 1.16 bits per heavy atom. The monoisotopic (exact) mass is 448 g/mol. The molecule has 0 spiro atoms. The fourth-order valence-electron chi connectivity index (χ4n) is 4.67. The Balaban J connectivity index is 1.53. The number of hydrogen-bond donors (Lipinski definition) is 1. The summed E-state index contributed by atoms with van der Waals surface area (Å²) in [4.78, 5) is 6.93. The van der Waals surface area contributed by atoms with Gasteiger partial charge in [-0.2, -0.15) is 0 Å². The second-order valence-electron chi connectivity index (χ2n) is 8.14. The maximum Gasteiger partial charge on any atom is 0.170 e. The molecular formula is C25H28N4O2S. The van der Waals surface area contributed by atoms with Crippen LogP contribution in [0.2, 0.25) is 0 Å². The lowest BCUT2D eigenvalue weighted by molar-refractivity contribution is 0.0836. The van der Waals surface area contributed by atoms with Crippen molar-refractivity contribution in [1.29, 1.82) is 0 Å². The molecule has 3 atom stereocenters. The van der Waals surface area contributed by atoms with Crippen LogP contribution in [0.1, 0.15) is 43.2 Å². The van der Waals surface area contributed by atoms with E-state index < -0.39 is 0 Å². The SMILES string of the molecule is CCOc1ccc(-n2cccc2[C@@H]2[C@H](c3ccccn3)NC(=S)N2C[C@H]2CCCO2)cc1. The van der Waals surface area contributed by atoms with Gasteiger partial charge in [0.1, 0.15) is 5.75 Å². The summed E-state index contributed by atoms with van der Waals surface area (Å²) in [7, 11) is 0. The van der Waals surface area contributed by atoms with Crippen LogP contribution in [0.5, 0.6) is 5.75 Å². The molecule has 2 saturated heterocycles. The summed E-state index contributed by atoms with van der Waals surface area (Å²) in [6, 6.07) is 18.5. The molecule has 2 fully saturated rings. The van der Waals surface area contributed by atoms with Gasteiger partial charge in [-0.3, -0.25) is 4.98 Å². The van der Waals surface area contributed by atoms with Crippen LogP contribution in [-0.2, 0) is 4.74 Å². The standard InChI is InChI=1S/C25H28N4O2S/c1-2-30-19-12-10-18(11-13-19)28-15-5-9-22(28)24-23(21-8-3-4-14-26-21)27-25(32)29(24)17-20-7-6-16-31-20/h3-5,8-15,20,23-24H,2,6-7,16-17H2,1H3,(H,27,32)/t20-,23+,24-/m1/s1. The zero-order valence-electron chi connectivity index (χ0n) is 18.2. The first-order valence-corrected chi connectivity index (χ1v) is 11.7. The third-order valence-electron chi connectivity index (χ3n) is 6.13. The molecule has 2 aliphatic heterocycles. The molecule has 6 nitrogen and oxygen atoms in total. The van der Waals surface area contributed by atoms with Gasteiger partial charge in [-0.15, -0.1) is 0 Å². The first-order chi connectivity index (χ1) is 15.7. The van der Waals surface area contributed by atoms with E-state index in [-0.39, 0.29) is 18.2 Å². The van der Waals surface area contributed by atoms with Crippen molar-refractivity contribution in [3.8, 4) is 11.4 Å². The summed E-state index contributed by atoms with van der Waals surface area (Å²) in [5, 5.41) is 4.29. The topological polar surface area (TPSA) is 51.5 Å². The van der Waals surface area contributed by atoms with Gasteiger partial charge in [0.15, 0.2) is 5.11 Å². The number of thiocarbonyl (C=S) groups is 1. The van der Waals surface area contributed by atoms with Crippen LogP contribution in [0.15, 0.2) is 67.0 Å². The van der Waals surface area contributed by atoms with E-state index in [1.165, 1.54) is 0 Å². The minimum absolute atomic E-state index is 0.00293. The summed E-state index contributed by atoms with van der Waals surface area (Å²) in [5.41, 5.74) is 3.23. The van der Waals surface area contributed by atoms with Crippen molar-refractivity contribution in [3.63, 3.8) is 0 Å². The van der Waals surface area contributed by atoms with Gasteiger partial charge in [0.25, 0.3) is 0 Å². The van der Waals surface area contributed by atoms with Crippen molar-refractivity contribution >= 4 is 17.3 Å². The number of hydrogen-bond acceptors (Lipinski definition) is 4. The molecule has 0 saturated carbocycles. The van der Waals surface area contributed by atoms with Gasteiger partial charge in [0.05, 0.1) is 30.5 Å². The molecule has 5 rings (SSSR count). The van der Waals surface area contributed by atoms with Crippen LogP contribution in [-0.4, -0.2) is 45.4 Å². The molecule has 166 valence electrons. The number of nitrogens with one attached hydrogen (secondary N) is 1. The Hall–Kier alpha value is -2.90. The van der Waals surface area contributed by atoms with Gasteiger partial charge in [0, 0.05) is 36.9 Å². The van der Waals surface area contributed by atoms with Crippen LogP contribution in [0, 0.1) is 0 Å². The van der Waals surface area contributed by atoms with Crippen LogP contribution < -0.4 is 10.1 Å². The number of nitrogens with zero attached hydrogens (tertiary/aromatic N) is 3. The molecule has 1 aromatic carbocycles. The van der Waals surface area contributed by atoms with E-state index in [2.05, 4.69) is 56.3 Å². The van der Waals surface area contributed by atoms with Crippen molar-refractivity contribution < 1.29 is 9.47 Å². The van der Waals surface area contributed by atoms with Crippen molar-refractivity contribution in [3.05, 3.63) is 78.4 Å². The van der Waals surface area contributed by atoms with E-state index in [1.54, 1.807) is 0 Å². The second-order valence-corrected chi connectivity index (χ2v) is 8.53. The molecule has 0 unspecified atom stereocenters. The number of rotatable bonds is 7. The zero-order valence-corrected chi connectivity index (χ0v) is 19.0. The van der Waals surface area contributed by atoms with Crippen molar-refractivity contribution in [2.24, 2.45) is 0 Å². The first kappa shape index (κ1) is 21.0. The number of aromatic nitrogens is 2. The lowest BCUT2D eigenvalue weighted by Crippen LogP contribution is -2.36. The Morgan fingerprint density at radius 2 is 2.03 bits per heavy atom. The minimum atomic E-state index is -0.0403. The molecule has 0 bridgehead atoms. The molecule has 0 amide bonds. The fourth-order valence-corrected chi connectivity index (χ4v) is 4.99. The molecule has 4 heterocycles. The maximum absolute atomic E-state index is 5.96. The van der Waals surface area contributed by atoms with E-state index in [9.17, 15) is 0 Å². The summed E-state index contributed by atoms with van der Waals surface area (Å²) >= 11 is 5.81. The van der Waals surface area contributed by atoms with E-state index in [4.69, 9.17) is 21.7 Å². The predicted molar refractivity (Wildman–Crippen MR) is 128 cm³/mol. The van der Waals surface area contributed by atoms with Gasteiger partial charge in [-0.1, -0.05) is 6.07 Å². The second kappa shape index (κ2) is 9.30. The van der Waals surface area contributed by atoms with Gasteiger partial charge in [-0.25, -0.2) is 0 Å². The van der Waals surface area contributed by atoms with Crippen LogP contribution >= 0.6 is 12.2 Å². The van der Waals surface area contributed by atoms with Crippen molar-refractivity contribution in [2.45, 2.75) is 38.0 Å². The summed E-state index contributed by atoms with van der Waals surface area (Å²) in [5.74, 6) is 0.875. The van der Waals surface area contributed by atoms with Crippen molar-refractivity contribution in [2.75, 3.05) is 19.8 Å². The average Bonchev–Trinajstić information content (AvgIpc) is 3.57. The summed E-state index contributed by atoms with van der Waals surface area (Å²) in [6.45, 7) is 4.25. The van der Waals surface area contributed by atoms with Crippen LogP contribution in [0.25, 0.3) is 5.69 Å². The lowest BCUT2D eigenvalue weighted by atomic mass is 10.0. The van der Waals surface area contributed by atoms with Gasteiger partial charge in [0.2, 0.25) is 0 Å². The first-order valence-electron chi connectivity index (χ1n) is 11.2. The molecule has 32 heavy (non-hydrogen) atoms. The molecule has 7 heteroatoms. The highest BCUT2D eigenvalue weighted by atomic mass is 32.1. The lowest BCUT2D eigenvalue weighted by Gasteiger charge is -2.30. The highest BCUT2D eigenvalue weighted by Gasteiger charge is 2.42. The van der Waals surface area contributed by atoms with E-state index in [0.29, 0.717) is 6.61 Å². The Labute approximate surface area is 194 Å². The Morgan fingerprint density at radius 3 is 2.75 bits per heavy atom. The van der Waals surface area contributed by atoms with E-state index in [0.717, 1.165) is 53.9 Å². The smallest absolute Gasteiger partial charge is 0.170 e. The third kappa shape index (κ3) is 4.10. The Bertz CT molecular complexity index is 1050. The molecular weight excluding hydrogens is 420 g/mol. The number of benzene rings is 1.